The number of ether oxygens (including phenoxy) is 1. The van der Waals surface area contributed by atoms with Gasteiger partial charge in [0.05, 0.1) is 5.60 Å². The van der Waals surface area contributed by atoms with Gasteiger partial charge in [-0.15, -0.1) is 13.2 Å². The average Bonchev–Trinajstić information content (AvgIpc) is 2.15. The smallest absolute Gasteiger partial charge is 0.405 e. The van der Waals surface area contributed by atoms with Gasteiger partial charge in [-0.2, -0.15) is 0 Å². The van der Waals surface area contributed by atoms with Crippen LogP contribution < -0.4 is 4.74 Å². The zero-order valence-electron chi connectivity index (χ0n) is 9.88. The van der Waals surface area contributed by atoms with Gasteiger partial charge >= 0.3 is 6.36 Å². The summed E-state index contributed by atoms with van der Waals surface area (Å²) in [4.78, 5) is 0. The van der Waals surface area contributed by atoms with E-state index < -0.39 is 12.0 Å². The minimum atomic E-state index is -4.76. The van der Waals surface area contributed by atoms with E-state index in [1.807, 2.05) is 0 Å². The normalized spacial score (nSPS) is 15.8. The minimum Gasteiger partial charge on any atom is -0.405 e. The van der Waals surface area contributed by atoms with Gasteiger partial charge in [0.2, 0.25) is 0 Å². The van der Waals surface area contributed by atoms with Crippen molar-refractivity contribution in [3.05, 3.63) is 29.8 Å². The van der Waals surface area contributed by atoms with E-state index in [1.54, 1.807) is 19.9 Å². The number of alkyl halides is 3. The summed E-state index contributed by atoms with van der Waals surface area (Å²) < 4.78 is 40.5. The summed E-state index contributed by atoms with van der Waals surface area (Å²) in [7, 11) is 0. The fourth-order valence-electron chi connectivity index (χ4n) is 1.41. The second kappa shape index (κ2) is 4.56. The summed E-state index contributed by atoms with van der Waals surface area (Å²) in [5.74, 6) is -0.598. The van der Waals surface area contributed by atoms with Gasteiger partial charge in [0.15, 0.2) is 0 Å². The van der Waals surface area contributed by atoms with Crippen LogP contribution in [0.4, 0.5) is 13.2 Å². The van der Waals surface area contributed by atoms with Gasteiger partial charge in [0, 0.05) is 5.56 Å². The third kappa shape index (κ3) is 3.36. The first kappa shape index (κ1) is 13.8. The second-order valence-electron chi connectivity index (χ2n) is 4.35. The summed E-state index contributed by atoms with van der Waals surface area (Å²) in [6.45, 7) is 4.92. The van der Waals surface area contributed by atoms with Crippen LogP contribution >= 0.6 is 0 Å². The molecule has 0 aliphatic carbocycles. The molecule has 1 rings (SSSR count). The van der Waals surface area contributed by atoms with Gasteiger partial charge in [-0.1, -0.05) is 32.0 Å². The molecule has 0 spiro atoms. The maximum absolute atomic E-state index is 12.2. The quantitative estimate of drug-likeness (QED) is 0.887. The molecule has 1 atom stereocenters. The SMILES string of the molecule is CC(C)C(C)(O)c1ccccc1OC(F)(F)F. The van der Waals surface area contributed by atoms with Gasteiger partial charge in [-0.05, 0) is 18.9 Å². The van der Waals surface area contributed by atoms with Crippen molar-refractivity contribution in [2.45, 2.75) is 32.7 Å². The third-order valence-corrected chi connectivity index (χ3v) is 2.78. The zero-order chi connectivity index (χ0) is 13.3. The van der Waals surface area contributed by atoms with Crippen molar-refractivity contribution in [2.75, 3.05) is 0 Å². The molecule has 1 unspecified atom stereocenters. The lowest BCUT2D eigenvalue weighted by molar-refractivity contribution is -0.275. The predicted octanol–water partition coefficient (Wildman–Crippen LogP) is 3.45. The summed E-state index contributed by atoms with van der Waals surface area (Å²) in [6.07, 6.45) is -4.76. The summed E-state index contributed by atoms with van der Waals surface area (Å²) in [5, 5.41) is 10.2. The van der Waals surface area contributed by atoms with E-state index in [1.165, 1.54) is 25.1 Å². The van der Waals surface area contributed by atoms with Crippen LogP contribution in [0.25, 0.3) is 0 Å². The van der Waals surface area contributed by atoms with Crippen molar-refractivity contribution in [3.8, 4) is 5.75 Å². The van der Waals surface area contributed by atoms with Crippen molar-refractivity contribution in [1.82, 2.24) is 0 Å². The van der Waals surface area contributed by atoms with Gasteiger partial charge in [0.1, 0.15) is 5.75 Å². The number of benzene rings is 1. The number of halogens is 3. The molecule has 1 aromatic rings. The standard InChI is InChI=1S/C12H15F3O2/c1-8(2)11(3,16)9-6-4-5-7-10(9)17-12(13,14)15/h4-8,16H,1-3H3. The molecule has 2 nitrogen and oxygen atoms in total. The van der Waals surface area contributed by atoms with Gasteiger partial charge < -0.3 is 9.84 Å². The van der Waals surface area contributed by atoms with E-state index in [0.717, 1.165) is 0 Å². The first-order chi connectivity index (χ1) is 7.64. The molecule has 0 amide bonds. The number of rotatable bonds is 3. The van der Waals surface area contributed by atoms with Crippen molar-refractivity contribution in [3.63, 3.8) is 0 Å². The van der Waals surface area contributed by atoms with Crippen LogP contribution in [0.5, 0.6) is 5.75 Å². The number of hydrogen-bond acceptors (Lipinski definition) is 2. The molecule has 0 heterocycles. The maximum Gasteiger partial charge on any atom is 0.573 e. The maximum atomic E-state index is 12.2. The van der Waals surface area contributed by atoms with Crippen molar-refractivity contribution in [2.24, 2.45) is 5.92 Å². The molecular weight excluding hydrogens is 233 g/mol. The molecule has 5 heteroatoms. The zero-order valence-corrected chi connectivity index (χ0v) is 9.88. The van der Waals surface area contributed by atoms with Gasteiger partial charge in [0.25, 0.3) is 0 Å². The first-order valence-electron chi connectivity index (χ1n) is 5.22. The lowest BCUT2D eigenvalue weighted by Gasteiger charge is -2.30. The highest BCUT2D eigenvalue weighted by atomic mass is 19.4. The Balaban J connectivity index is 3.17. The predicted molar refractivity (Wildman–Crippen MR) is 57.5 cm³/mol. The Morgan fingerprint density at radius 1 is 1.18 bits per heavy atom. The van der Waals surface area contributed by atoms with E-state index in [0.29, 0.717) is 0 Å². The fourth-order valence-corrected chi connectivity index (χ4v) is 1.41. The van der Waals surface area contributed by atoms with Crippen LogP contribution in [0.1, 0.15) is 26.3 Å². The Morgan fingerprint density at radius 3 is 2.18 bits per heavy atom. The summed E-state index contributed by atoms with van der Waals surface area (Å²) in [6, 6.07) is 5.62. The average molecular weight is 248 g/mol. The lowest BCUT2D eigenvalue weighted by atomic mass is 9.85. The molecule has 17 heavy (non-hydrogen) atoms. The minimum absolute atomic E-state index is 0.132. The Hall–Kier alpha value is -1.23. The Morgan fingerprint density at radius 2 is 1.71 bits per heavy atom. The lowest BCUT2D eigenvalue weighted by Crippen LogP contribution is -2.30. The van der Waals surface area contributed by atoms with E-state index in [-0.39, 0.29) is 17.2 Å². The molecule has 0 aromatic heterocycles. The molecule has 0 aliphatic heterocycles. The number of aliphatic hydroxyl groups is 1. The monoisotopic (exact) mass is 248 g/mol. The van der Waals surface area contributed by atoms with Crippen LogP contribution in [-0.2, 0) is 5.60 Å². The van der Waals surface area contributed by atoms with Crippen molar-refractivity contribution in [1.29, 1.82) is 0 Å². The largest absolute Gasteiger partial charge is 0.573 e. The van der Waals surface area contributed by atoms with Crippen molar-refractivity contribution < 1.29 is 23.0 Å². The van der Waals surface area contributed by atoms with Crippen LogP contribution in [0.15, 0.2) is 24.3 Å². The molecular formula is C12H15F3O2. The van der Waals surface area contributed by atoms with E-state index >= 15 is 0 Å². The topological polar surface area (TPSA) is 29.5 Å². The van der Waals surface area contributed by atoms with Crippen molar-refractivity contribution >= 4 is 0 Å². The molecule has 0 fully saturated rings. The van der Waals surface area contributed by atoms with Gasteiger partial charge in [-0.3, -0.25) is 0 Å². The number of hydrogen-bond donors (Lipinski definition) is 1. The van der Waals surface area contributed by atoms with E-state index in [4.69, 9.17) is 0 Å². The highest BCUT2D eigenvalue weighted by Gasteiger charge is 2.36. The third-order valence-electron chi connectivity index (χ3n) is 2.78. The highest BCUT2D eigenvalue weighted by Crippen LogP contribution is 2.37. The molecule has 0 bridgehead atoms. The van der Waals surface area contributed by atoms with Crippen LogP contribution in [0, 0.1) is 5.92 Å². The Bertz CT molecular complexity index is 384. The molecule has 1 aromatic carbocycles. The molecule has 96 valence electrons. The second-order valence-corrected chi connectivity index (χ2v) is 4.35. The molecule has 0 radical (unpaired) electrons. The fraction of sp³-hybridized carbons (Fsp3) is 0.500. The molecule has 0 aliphatic rings. The molecule has 0 saturated carbocycles. The summed E-state index contributed by atoms with van der Waals surface area (Å²) in [5.41, 5.74) is -1.24. The van der Waals surface area contributed by atoms with Crippen LogP contribution in [0.3, 0.4) is 0 Å². The van der Waals surface area contributed by atoms with Crippen LogP contribution in [-0.4, -0.2) is 11.5 Å². The molecule has 1 N–H and O–H groups in total. The summed E-state index contributed by atoms with van der Waals surface area (Å²) >= 11 is 0. The Kier molecular flexibility index (Phi) is 3.71. The Labute approximate surface area is 98.0 Å². The van der Waals surface area contributed by atoms with E-state index in [2.05, 4.69) is 4.74 Å². The number of para-hydroxylation sites is 1. The highest BCUT2D eigenvalue weighted by molar-refractivity contribution is 5.38. The first-order valence-corrected chi connectivity index (χ1v) is 5.22. The molecule has 0 saturated heterocycles. The van der Waals surface area contributed by atoms with Gasteiger partial charge in [-0.25, -0.2) is 0 Å². The van der Waals surface area contributed by atoms with E-state index in [9.17, 15) is 18.3 Å². The van der Waals surface area contributed by atoms with Crippen LogP contribution in [0.2, 0.25) is 0 Å².